The fourth-order valence-electron chi connectivity index (χ4n) is 1.83. The number of benzene rings is 1. The molecule has 0 aliphatic rings. The van der Waals surface area contributed by atoms with Crippen molar-refractivity contribution in [2.24, 2.45) is 0 Å². The summed E-state index contributed by atoms with van der Waals surface area (Å²) < 4.78 is 5.37. The van der Waals surface area contributed by atoms with Gasteiger partial charge < -0.3 is 10.5 Å². The average molecular weight is 324 g/mol. The van der Waals surface area contributed by atoms with E-state index in [0.29, 0.717) is 10.6 Å². The van der Waals surface area contributed by atoms with Crippen LogP contribution in [0.15, 0.2) is 24.3 Å². The van der Waals surface area contributed by atoms with Crippen LogP contribution in [0.25, 0.3) is 10.4 Å². The summed E-state index contributed by atoms with van der Waals surface area (Å²) in [5.41, 5.74) is 7.83. The number of hydrogen-bond donors (Lipinski definition) is 1. The molecule has 0 saturated heterocycles. The molecule has 0 unspecified atom stereocenters. The molecule has 2 aromatic rings. The highest BCUT2D eigenvalue weighted by Crippen LogP contribution is 2.35. The number of ether oxygens (including phenoxy) is 1. The summed E-state index contributed by atoms with van der Waals surface area (Å²) in [7, 11) is 0. The fraction of sp³-hybridized carbons (Fsp3) is 0.312. The van der Waals surface area contributed by atoms with Crippen LogP contribution in [0.5, 0.6) is 0 Å². The number of hydrogen-bond acceptors (Lipinski definition) is 4. The van der Waals surface area contributed by atoms with Crippen LogP contribution in [0, 0.1) is 6.92 Å². The number of nitrogen functional groups attached to an aromatic ring is 1. The Morgan fingerprint density at radius 2 is 1.95 bits per heavy atom. The molecule has 0 amide bonds. The molecular weight excluding hydrogens is 306 g/mol. The lowest BCUT2D eigenvalue weighted by molar-refractivity contribution is 0.00764. The number of nitrogens with two attached hydrogens (primary N) is 1. The minimum absolute atomic E-state index is 0.387. The molecule has 1 aromatic heterocycles. The van der Waals surface area contributed by atoms with Gasteiger partial charge in [0.2, 0.25) is 0 Å². The predicted molar refractivity (Wildman–Crippen MR) is 89.1 cm³/mol. The molecular formula is C16H18ClNO2S. The average Bonchev–Trinajstić information content (AvgIpc) is 2.73. The maximum absolute atomic E-state index is 12.1. The van der Waals surface area contributed by atoms with Crippen LogP contribution < -0.4 is 5.73 Å². The van der Waals surface area contributed by atoms with Crippen LogP contribution in [0.1, 0.15) is 36.0 Å². The molecule has 2 N–H and O–H groups in total. The molecule has 0 saturated carbocycles. The van der Waals surface area contributed by atoms with Gasteiger partial charge in [0, 0.05) is 9.90 Å². The Labute approximate surface area is 133 Å². The number of aryl methyl sites for hydroxylation is 1. The van der Waals surface area contributed by atoms with Crippen molar-refractivity contribution in [3.8, 4) is 10.4 Å². The fourth-order valence-corrected chi connectivity index (χ4v) is 2.90. The van der Waals surface area contributed by atoms with Crippen molar-refractivity contribution < 1.29 is 9.53 Å². The smallest absolute Gasteiger partial charge is 0.350 e. The van der Waals surface area contributed by atoms with E-state index in [0.717, 1.165) is 21.0 Å². The summed E-state index contributed by atoms with van der Waals surface area (Å²) in [4.78, 5) is 13.5. The second-order valence-corrected chi connectivity index (χ2v) is 7.32. The van der Waals surface area contributed by atoms with E-state index in [4.69, 9.17) is 22.1 Å². The number of halogens is 1. The third kappa shape index (κ3) is 3.77. The number of anilines is 1. The normalized spacial score (nSPS) is 11.5. The third-order valence-corrected chi connectivity index (χ3v) is 4.39. The van der Waals surface area contributed by atoms with E-state index in [-0.39, 0.29) is 5.97 Å². The summed E-state index contributed by atoms with van der Waals surface area (Å²) in [5, 5.41) is 0.718. The number of rotatable bonds is 2. The van der Waals surface area contributed by atoms with Crippen molar-refractivity contribution in [2.45, 2.75) is 33.3 Å². The summed E-state index contributed by atoms with van der Waals surface area (Å²) >= 11 is 7.37. The van der Waals surface area contributed by atoms with Gasteiger partial charge >= 0.3 is 5.97 Å². The molecule has 1 heterocycles. The molecule has 0 aliphatic heterocycles. The Morgan fingerprint density at radius 3 is 2.52 bits per heavy atom. The lowest BCUT2D eigenvalue weighted by atomic mass is 10.1. The molecule has 21 heavy (non-hydrogen) atoms. The standard InChI is InChI=1S/C16H18ClNO2S/c1-9-7-10(5-6-11(9)17)13-8-12(18)14(21-13)15(19)20-16(2,3)4/h5-8H,18H2,1-4H3. The minimum Gasteiger partial charge on any atom is -0.456 e. The Morgan fingerprint density at radius 1 is 1.29 bits per heavy atom. The van der Waals surface area contributed by atoms with E-state index >= 15 is 0 Å². The number of carbonyl (C=O) groups excluding carboxylic acids is 1. The molecule has 0 aliphatic carbocycles. The largest absolute Gasteiger partial charge is 0.456 e. The highest BCUT2D eigenvalue weighted by Gasteiger charge is 2.22. The number of carbonyl (C=O) groups is 1. The monoisotopic (exact) mass is 323 g/mol. The second-order valence-electron chi connectivity index (χ2n) is 5.86. The van der Waals surface area contributed by atoms with Gasteiger partial charge in [-0.1, -0.05) is 17.7 Å². The van der Waals surface area contributed by atoms with Crippen molar-refractivity contribution in [2.75, 3.05) is 5.73 Å². The zero-order chi connectivity index (χ0) is 15.8. The summed E-state index contributed by atoms with van der Waals surface area (Å²) in [6.45, 7) is 7.44. The highest BCUT2D eigenvalue weighted by atomic mass is 35.5. The number of thiophene rings is 1. The Balaban J connectivity index is 2.34. The van der Waals surface area contributed by atoms with Gasteiger partial charge in [0.15, 0.2) is 0 Å². The maximum atomic E-state index is 12.1. The van der Waals surface area contributed by atoms with E-state index in [1.165, 1.54) is 11.3 Å². The zero-order valence-corrected chi connectivity index (χ0v) is 14.1. The molecule has 0 spiro atoms. The van der Waals surface area contributed by atoms with E-state index in [9.17, 15) is 4.79 Å². The first-order valence-corrected chi connectivity index (χ1v) is 7.76. The Kier molecular flexibility index (Phi) is 4.30. The minimum atomic E-state index is -0.537. The Bertz CT molecular complexity index is 686. The third-order valence-electron chi connectivity index (χ3n) is 2.79. The summed E-state index contributed by atoms with van der Waals surface area (Å²) in [6, 6.07) is 7.54. The van der Waals surface area contributed by atoms with Crippen LogP contribution in [0.3, 0.4) is 0 Å². The van der Waals surface area contributed by atoms with Crippen molar-refractivity contribution in [3.63, 3.8) is 0 Å². The first-order chi connectivity index (χ1) is 9.67. The molecule has 1 aromatic carbocycles. The SMILES string of the molecule is Cc1cc(-c2cc(N)c(C(=O)OC(C)(C)C)s2)ccc1Cl. The summed E-state index contributed by atoms with van der Waals surface area (Å²) in [6.07, 6.45) is 0. The van der Waals surface area contributed by atoms with Crippen molar-refractivity contribution in [1.82, 2.24) is 0 Å². The van der Waals surface area contributed by atoms with Gasteiger partial charge in [0.05, 0.1) is 5.69 Å². The maximum Gasteiger partial charge on any atom is 0.350 e. The zero-order valence-electron chi connectivity index (χ0n) is 12.5. The van der Waals surface area contributed by atoms with Crippen LogP contribution in [0.4, 0.5) is 5.69 Å². The van der Waals surface area contributed by atoms with Crippen molar-refractivity contribution in [3.05, 3.63) is 39.7 Å². The van der Waals surface area contributed by atoms with Crippen LogP contribution in [-0.2, 0) is 4.74 Å². The Hall–Kier alpha value is -1.52. The molecule has 0 radical (unpaired) electrons. The topological polar surface area (TPSA) is 52.3 Å². The van der Waals surface area contributed by atoms with E-state index in [1.807, 2.05) is 45.9 Å². The van der Waals surface area contributed by atoms with Gasteiger partial charge in [-0.3, -0.25) is 0 Å². The first kappa shape index (κ1) is 15.9. The molecule has 3 nitrogen and oxygen atoms in total. The van der Waals surface area contributed by atoms with Gasteiger partial charge in [-0.25, -0.2) is 4.79 Å². The highest BCUT2D eigenvalue weighted by molar-refractivity contribution is 7.18. The van der Waals surface area contributed by atoms with Crippen LogP contribution in [-0.4, -0.2) is 11.6 Å². The van der Waals surface area contributed by atoms with Crippen molar-refractivity contribution >= 4 is 34.6 Å². The molecule has 0 fully saturated rings. The lowest BCUT2D eigenvalue weighted by Crippen LogP contribution is -2.23. The van der Waals surface area contributed by atoms with Gasteiger partial charge in [0.25, 0.3) is 0 Å². The lowest BCUT2D eigenvalue weighted by Gasteiger charge is -2.18. The van der Waals surface area contributed by atoms with Crippen LogP contribution in [0.2, 0.25) is 5.02 Å². The van der Waals surface area contributed by atoms with Crippen LogP contribution >= 0.6 is 22.9 Å². The second kappa shape index (κ2) is 5.70. The molecule has 0 bridgehead atoms. The first-order valence-electron chi connectivity index (χ1n) is 6.56. The molecule has 2 rings (SSSR count). The summed E-state index contributed by atoms with van der Waals surface area (Å²) in [5.74, 6) is -0.387. The molecule has 5 heteroatoms. The number of esters is 1. The predicted octanol–water partition coefficient (Wildman–Crippen LogP) is 4.91. The van der Waals surface area contributed by atoms with E-state index in [2.05, 4.69) is 0 Å². The van der Waals surface area contributed by atoms with Gasteiger partial charge in [0.1, 0.15) is 10.5 Å². The van der Waals surface area contributed by atoms with Gasteiger partial charge in [-0.15, -0.1) is 11.3 Å². The van der Waals surface area contributed by atoms with Gasteiger partial charge in [-0.05, 0) is 57.0 Å². The van der Waals surface area contributed by atoms with E-state index < -0.39 is 5.60 Å². The molecule has 0 atom stereocenters. The quantitative estimate of drug-likeness (QED) is 0.798. The van der Waals surface area contributed by atoms with Gasteiger partial charge in [-0.2, -0.15) is 0 Å². The van der Waals surface area contributed by atoms with E-state index in [1.54, 1.807) is 6.07 Å². The molecule has 112 valence electrons. The van der Waals surface area contributed by atoms with Crippen molar-refractivity contribution in [1.29, 1.82) is 0 Å².